The highest BCUT2D eigenvalue weighted by Gasteiger charge is 2.31. The Kier molecular flexibility index (Phi) is 8.18. The molecule has 0 rings (SSSR count). The van der Waals surface area contributed by atoms with Gasteiger partial charge in [-0.2, -0.15) is 0 Å². The number of nitrogens with two attached hydrogens (primary N) is 1. The number of hydrogen-bond acceptors (Lipinski definition) is 3. The van der Waals surface area contributed by atoms with Crippen LogP contribution in [0.3, 0.4) is 0 Å². The molecule has 0 saturated carbocycles. The number of rotatable bonds is 9. The standard InChI is InChI=1S/C16H37N3/c1-8-12-19(13-10-17)16(6,7)14(2)9-11-18-15(3,4)5/h14,18H,8-13,17H2,1-7H3. The minimum Gasteiger partial charge on any atom is -0.329 e. The first-order chi connectivity index (χ1) is 8.65. The molecule has 0 bridgehead atoms. The van der Waals surface area contributed by atoms with Crippen LogP contribution in [-0.2, 0) is 0 Å². The number of nitrogens with zero attached hydrogens (tertiary/aromatic N) is 1. The van der Waals surface area contributed by atoms with E-state index in [0.717, 1.165) is 26.2 Å². The highest BCUT2D eigenvalue weighted by atomic mass is 15.2. The van der Waals surface area contributed by atoms with Crippen LogP contribution in [0.25, 0.3) is 0 Å². The summed E-state index contributed by atoms with van der Waals surface area (Å²) in [4.78, 5) is 2.55. The molecule has 0 aliphatic carbocycles. The molecule has 1 atom stereocenters. The maximum absolute atomic E-state index is 5.76. The Bertz CT molecular complexity index is 225. The zero-order valence-electron chi connectivity index (χ0n) is 14.3. The lowest BCUT2D eigenvalue weighted by Gasteiger charge is -2.43. The van der Waals surface area contributed by atoms with Crippen molar-refractivity contribution in [1.29, 1.82) is 0 Å². The summed E-state index contributed by atoms with van der Waals surface area (Å²) in [7, 11) is 0. The zero-order valence-corrected chi connectivity index (χ0v) is 14.3. The van der Waals surface area contributed by atoms with Gasteiger partial charge in [0.15, 0.2) is 0 Å². The molecule has 0 saturated heterocycles. The van der Waals surface area contributed by atoms with E-state index in [1.54, 1.807) is 0 Å². The van der Waals surface area contributed by atoms with Gasteiger partial charge in [-0.05, 0) is 66.5 Å². The summed E-state index contributed by atoms with van der Waals surface area (Å²) >= 11 is 0. The van der Waals surface area contributed by atoms with Gasteiger partial charge >= 0.3 is 0 Å². The van der Waals surface area contributed by atoms with Crippen molar-refractivity contribution in [1.82, 2.24) is 10.2 Å². The fraction of sp³-hybridized carbons (Fsp3) is 1.00. The van der Waals surface area contributed by atoms with E-state index in [2.05, 4.69) is 58.7 Å². The second kappa shape index (κ2) is 8.23. The monoisotopic (exact) mass is 271 g/mol. The molecule has 0 aliphatic heterocycles. The SMILES string of the molecule is CCCN(CCN)C(C)(C)C(C)CCNC(C)(C)C. The third-order valence-electron chi connectivity index (χ3n) is 4.15. The van der Waals surface area contributed by atoms with Crippen LogP contribution in [0, 0.1) is 5.92 Å². The largest absolute Gasteiger partial charge is 0.329 e. The quantitative estimate of drug-likeness (QED) is 0.677. The van der Waals surface area contributed by atoms with Crippen LogP contribution in [-0.4, -0.2) is 42.2 Å². The second-order valence-corrected chi connectivity index (χ2v) is 7.30. The van der Waals surface area contributed by atoms with Crippen molar-refractivity contribution in [2.75, 3.05) is 26.2 Å². The van der Waals surface area contributed by atoms with Crippen molar-refractivity contribution in [3.8, 4) is 0 Å². The van der Waals surface area contributed by atoms with E-state index in [-0.39, 0.29) is 11.1 Å². The van der Waals surface area contributed by atoms with Crippen molar-refractivity contribution in [3.63, 3.8) is 0 Å². The Morgan fingerprint density at radius 2 is 1.68 bits per heavy atom. The van der Waals surface area contributed by atoms with E-state index < -0.39 is 0 Å². The van der Waals surface area contributed by atoms with Gasteiger partial charge in [-0.15, -0.1) is 0 Å². The molecule has 0 heterocycles. The summed E-state index contributed by atoms with van der Waals surface area (Å²) in [6.07, 6.45) is 2.39. The maximum atomic E-state index is 5.76. The zero-order chi connectivity index (χ0) is 15.1. The first-order valence-electron chi connectivity index (χ1n) is 7.85. The third kappa shape index (κ3) is 7.28. The molecule has 0 aromatic rings. The lowest BCUT2D eigenvalue weighted by Crippen LogP contribution is -2.51. The van der Waals surface area contributed by atoms with Crippen LogP contribution < -0.4 is 11.1 Å². The van der Waals surface area contributed by atoms with Crippen LogP contribution in [0.15, 0.2) is 0 Å². The van der Waals surface area contributed by atoms with Crippen LogP contribution in [0.5, 0.6) is 0 Å². The predicted octanol–water partition coefficient (Wildman–Crippen LogP) is 2.85. The van der Waals surface area contributed by atoms with Crippen LogP contribution >= 0.6 is 0 Å². The maximum Gasteiger partial charge on any atom is 0.0179 e. The first-order valence-corrected chi connectivity index (χ1v) is 7.85. The van der Waals surface area contributed by atoms with Gasteiger partial charge in [0.05, 0.1) is 0 Å². The molecule has 0 amide bonds. The Morgan fingerprint density at radius 1 is 1.11 bits per heavy atom. The summed E-state index contributed by atoms with van der Waals surface area (Å²) < 4.78 is 0. The smallest absolute Gasteiger partial charge is 0.0179 e. The molecule has 19 heavy (non-hydrogen) atoms. The molecule has 0 aromatic heterocycles. The average Bonchev–Trinajstić information content (AvgIpc) is 2.26. The Balaban J connectivity index is 4.41. The lowest BCUT2D eigenvalue weighted by atomic mass is 9.84. The van der Waals surface area contributed by atoms with E-state index in [4.69, 9.17) is 5.73 Å². The van der Waals surface area contributed by atoms with Gasteiger partial charge in [-0.1, -0.05) is 13.8 Å². The minimum atomic E-state index is 0.213. The van der Waals surface area contributed by atoms with Gasteiger partial charge in [0.2, 0.25) is 0 Å². The first kappa shape index (κ1) is 18.9. The fourth-order valence-electron chi connectivity index (χ4n) is 2.44. The molecule has 0 aliphatic rings. The summed E-state index contributed by atoms with van der Waals surface area (Å²) in [5, 5.41) is 3.58. The summed E-state index contributed by atoms with van der Waals surface area (Å²) in [6, 6.07) is 0. The molecule has 116 valence electrons. The molecule has 3 nitrogen and oxygen atoms in total. The van der Waals surface area contributed by atoms with E-state index >= 15 is 0 Å². The number of hydrogen-bond donors (Lipinski definition) is 2. The van der Waals surface area contributed by atoms with Crippen molar-refractivity contribution in [2.24, 2.45) is 11.7 Å². The van der Waals surface area contributed by atoms with E-state index in [1.165, 1.54) is 12.8 Å². The predicted molar refractivity (Wildman–Crippen MR) is 86.5 cm³/mol. The molecule has 1 unspecified atom stereocenters. The van der Waals surface area contributed by atoms with E-state index in [1.807, 2.05) is 0 Å². The minimum absolute atomic E-state index is 0.213. The summed E-state index contributed by atoms with van der Waals surface area (Å²) in [5.41, 5.74) is 6.19. The molecule has 0 aromatic carbocycles. The highest BCUT2D eigenvalue weighted by Crippen LogP contribution is 2.26. The van der Waals surface area contributed by atoms with Gasteiger partial charge < -0.3 is 11.1 Å². The van der Waals surface area contributed by atoms with E-state index in [0.29, 0.717) is 5.92 Å². The molecule has 0 radical (unpaired) electrons. The fourth-order valence-corrected chi connectivity index (χ4v) is 2.44. The Labute approximate surface area is 121 Å². The van der Waals surface area contributed by atoms with E-state index in [9.17, 15) is 0 Å². The molecule has 0 fully saturated rings. The van der Waals surface area contributed by atoms with Crippen molar-refractivity contribution in [2.45, 2.75) is 72.4 Å². The van der Waals surface area contributed by atoms with Crippen molar-refractivity contribution >= 4 is 0 Å². The summed E-state index contributed by atoms with van der Waals surface area (Å²) in [5.74, 6) is 0.653. The van der Waals surface area contributed by atoms with Gasteiger partial charge in [0, 0.05) is 24.2 Å². The second-order valence-electron chi connectivity index (χ2n) is 7.30. The third-order valence-corrected chi connectivity index (χ3v) is 4.15. The van der Waals surface area contributed by atoms with Crippen LogP contribution in [0.4, 0.5) is 0 Å². The molecular formula is C16H37N3. The van der Waals surface area contributed by atoms with Gasteiger partial charge in [-0.3, -0.25) is 4.90 Å². The molecular weight excluding hydrogens is 234 g/mol. The Hall–Kier alpha value is -0.120. The topological polar surface area (TPSA) is 41.3 Å². The molecule has 3 N–H and O–H groups in total. The van der Waals surface area contributed by atoms with Crippen molar-refractivity contribution in [3.05, 3.63) is 0 Å². The average molecular weight is 271 g/mol. The molecule has 0 spiro atoms. The van der Waals surface area contributed by atoms with Gasteiger partial charge in [0.25, 0.3) is 0 Å². The van der Waals surface area contributed by atoms with Crippen LogP contribution in [0.1, 0.15) is 61.3 Å². The lowest BCUT2D eigenvalue weighted by molar-refractivity contribution is 0.0675. The Morgan fingerprint density at radius 3 is 2.11 bits per heavy atom. The van der Waals surface area contributed by atoms with Crippen molar-refractivity contribution < 1.29 is 0 Å². The molecule has 3 heteroatoms. The highest BCUT2D eigenvalue weighted by molar-refractivity contribution is 4.87. The number of nitrogens with one attached hydrogen (secondary N) is 1. The normalized spacial score (nSPS) is 15.0. The van der Waals surface area contributed by atoms with Gasteiger partial charge in [0.1, 0.15) is 0 Å². The summed E-state index contributed by atoms with van der Waals surface area (Å²) in [6.45, 7) is 20.0. The van der Waals surface area contributed by atoms with Crippen LogP contribution in [0.2, 0.25) is 0 Å². The van der Waals surface area contributed by atoms with Gasteiger partial charge in [-0.25, -0.2) is 0 Å².